The van der Waals surface area contributed by atoms with E-state index in [1.807, 2.05) is 10.6 Å². The van der Waals surface area contributed by atoms with E-state index >= 15 is 0 Å². The first-order chi connectivity index (χ1) is 13.2. The van der Waals surface area contributed by atoms with Gasteiger partial charge in [0.2, 0.25) is 0 Å². The van der Waals surface area contributed by atoms with Gasteiger partial charge in [0.05, 0.1) is 22.6 Å². The van der Waals surface area contributed by atoms with Crippen molar-refractivity contribution in [1.82, 2.24) is 0 Å². The third-order valence-corrected chi connectivity index (χ3v) is 15.7. The molecule has 1 aromatic carbocycles. The molecular weight excluding hydrogens is 455 g/mol. The zero-order valence-electron chi connectivity index (χ0n) is 18.5. The molecule has 1 radical (unpaired) electrons. The van der Waals surface area contributed by atoms with Crippen molar-refractivity contribution in [2.75, 3.05) is 0 Å². The van der Waals surface area contributed by atoms with Crippen LogP contribution in [-0.2, 0) is 24.3 Å². The van der Waals surface area contributed by atoms with Crippen molar-refractivity contribution in [1.29, 1.82) is 0 Å². The van der Waals surface area contributed by atoms with E-state index in [0.29, 0.717) is 0 Å². The van der Waals surface area contributed by atoms with Gasteiger partial charge in [-0.1, -0.05) is 39.8 Å². The van der Waals surface area contributed by atoms with Gasteiger partial charge in [0, 0.05) is 15.8 Å². The molecule has 0 aromatic heterocycles. The first-order valence-electron chi connectivity index (χ1n) is 11.3. The van der Waals surface area contributed by atoms with Gasteiger partial charge in [0.25, 0.3) is 0 Å². The van der Waals surface area contributed by atoms with Gasteiger partial charge in [-0.05, 0) is 63.5 Å². The molecule has 0 bridgehead atoms. The molecule has 1 aromatic rings. The maximum Gasteiger partial charge on any atom is 1.00 e. The molecule has 6 atom stereocenters. The average molecular weight is 496 g/mol. The molecule has 0 spiro atoms. The van der Waals surface area contributed by atoms with Crippen molar-refractivity contribution >= 4 is 33.2 Å². The normalized spacial score (nSPS) is 32.8. The second-order valence-electron chi connectivity index (χ2n) is 8.03. The van der Waals surface area contributed by atoms with E-state index < -0.39 is 0 Å². The Kier molecular flexibility index (Phi) is 11.2. The predicted molar refractivity (Wildman–Crippen MR) is 124 cm³/mol. The molecule has 2 aliphatic rings. The van der Waals surface area contributed by atoms with Crippen molar-refractivity contribution < 1.29 is 25.6 Å². The molecule has 0 saturated carbocycles. The first-order valence-corrected chi connectivity index (χ1v) is 14.1. The van der Waals surface area contributed by atoms with Gasteiger partial charge in [-0.2, -0.15) is 1.37 Å². The van der Waals surface area contributed by atoms with Crippen molar-refractivity contribution in [3.05, 3.63) is 24.3 Å². The van der Waals surface area contributed by atoms with Crippen LogP contribution in [0.4, 0.5) is 0 Å². The second-order valence-corrected chi connectivity index (χ2v) is 14.2. The summed E-state index contributed by atoms with van der Waals surface area (Å²) in [6.07, 6.45) is 11.7. The van der Waals surface area contributed by atoms with Crippen LogP contribution in [0.3, 0.4) is 0 Å². The summed E-state index contributed by atoms with van der Waals surface area (Å²) in [5.41, 5.74) is 4.13. The molecule has 4 heteroatoms. The molecule has 2 unspecified atom stereocenters. The quantitative estimate of drug-likeness (QED) is 0.211. The van der Waals surface area contributed by atoms with Crippen LogP contribution in [0, 0.1) is 0 Å². The molecule has 2 aliphatic heterocycles. The summed E-state index contributed by atoms with van der Waals surface area (Å²) < 4.78 is 5.40. The van der Waals surface area contributed by atoms with Crippen LogP contribution < -0.4 is 10.6 Å². The van der Waals surface area contributed by atoms with Crippen molar-refractivity contribution in [3.8, 4) is 0 Å². The fraction of sp³-hybridized carbons (Fsp3) is 0.696. The summed E-state index contributed by atoms with van der Waals surface area (Å²) in [5.74, 6) is 0. The molecule has 0 N–H and O–H groups in total. The van der Waals surface area contributed by atoms with Crippen LogP contribution in [0.25, 0.3) is 0 Å². The summed E-state index contributed by atoms with van der Waals surface area (Å²) in [6.45, 7) is 10.5. The molecule has 153 valence electrons. The van der Waals surface area contributed by atoms with Crippen molar-refractivity contribution in [3.63, 3.8) is 0 Å². The van der Waals surface area contributed by atoms with E-state index in [1.165, 1.54) is 51.4 Å². The number of carbonyl (C=O) groups excluding carboxylic acids is 1. The summed E-state index contributed by atoms with van der Waals surface area (Å²) in [7, 11) is -0.743. The van der Waals surface area contributed by atoms with Crippen LogP contribution in [-0.4, -0.2) is 29.4 Å². The van der Waals surface area contributed by atoms with Gasteiger partial charge in [-0.3, -0.25) is 6.77 Å². The van der Waals surface area contributed by atoms with Crippen molar-refractivity contribution in [2.45, 2.75) is 102 Å². The van der Waals surface area contributed by atoms with Crippen molar-refractivity contribution in [2.24, 2.45) is 0 Å². The number of rotatable bonds is 6. The zero-order chi connectivity index (χ0) is 19.8. The Labute approximate surface area is 184 Å². The second kappa shape index (κ2) is 12.8. The standard InChI is InChI=1S/C22H36P2.CHO.Ru/c1-5-17-13-14-18(6-2)23(17)21-11-9-10-12-22(21)24-19(7-3)15-16-20(24)8-4;1-2;/h9-12,17-20H,5-8,13-16H2,1-4H3;1H;/q;-1;+1/p+2/t17-,18+,19-,20+,23?,24?;;/i;1D;. The average Bonchev–Trinajstić information content (AvgIpc) is 3.31. The molecule has 2 heterocycles. The zero-order valence-corrected chi connectivity index (χ0v) is 21.3. The predicted octanol–water partition coefficient (Wildman–Crippen LogP) is 5.79. The van der Waals surface area contributed by atoms with Gasteiger partial charge in [-0.15, -0.1) is 0 Å². The Hall–Kier alpha value is 0.373. The van der Waals surface area contributed by atoms with Crippen LogP contribution in [0.5, 0.6) is 0 Å². The largest absolute Gasteiger partial charge is 1.00 e. The van der Waals surface area contributed by atoms with Crippen LogP contribution in [0.2, 0.25) is 0 Å². The van der Waals surface area contributed by atoms with Gasteiger partial charge >= 0.3 is 19.5 Å². The van der Waals surface area contributed by atoms with Gasteiger partial charge in [0.1, 0.15) is 10.6 Å². The minimum Gasteiger partial charge on any atom is -0.545 e. The summed E-state index contributed by atoms with van der Waals surface area (Å²) >= 11 is 0. The molecule has 27 heavy (non-hydrogen) atoms. The maximum atomic E-state index is 8.35. The monoisotopic (exact) mass is 496 g/mol. The third kappa shape index (κ3) is 5.50. The van der Waals surface area contributed by atoms with E-state index in [0.717, 1.165) is 29.4 Å². The van der Waals surface area contributed by atoms with E-state index in [-0.39, 0.29) is 35.3 Å². The smallest absolute Gasteiger partial charge is 0.545 e. The Bertz CT molecular complexity index is 514. The van der Waals surface area contributed by atoms with Gasteiger partial charge in [-0.25, -0.2) is 0 Å². The summed E-state index contributed by atoms with van der Waals surface area (Å²) in [5, 5.41) is 3.79. The first kappa shape index (κ1) is 23.7. The Morgan fingerprint density at radius 1 is 0.815 bits per heavy atom. The molecule has 0 aliphatic carbocycles. The Morgan fingerprint density at radius 3 is 1.30 bits per heavy atom. The summed E-state index contributed by atoms with van der Waals surface area (Å²) in [6, 6.07) is 9.87. The molecule has 1 nitrogen and oxygen atoms in total. The van der Waals surface area contributed by atoms with E-state index in [2.05, 4.69) is 52.0 Å². The van der Waals surface area contributed by atoms with Gasteiger partial charge in [0.15, 0.2) is 0 Å². The van der Waals surface area contributed by atoms with E-state index in [1.54, 1.807) is 0 Å². The summed E-state index contributed by atoms with van der Waals surface area (Å²) in [4.78, 5) is 8.35. The SMILES string of the molecule is CC[C@@H]1CC[C@H](CC)[PH+]1c1ccccc1[PH+]1[C@H](CC)CC[C@@H]1CC.[2H][C-]=O.[Ru+]. The number of benzene rings is 1. The molecular formula is C23H39OP2Ru+2. The Balaban J connectivity index is 0.000000921. The Morgan fingerprint density at radius 2 is 1.07 bits per heavy atom. The molecule has 2 fully saturated rings. The van der Waals surface area contributed by atoms with E-state index in [9.17, 15) is 0 Å². The minimum atomic E-state index is -0.371. The molecule has 2 saturated heterocycles. The third-order valence-electron chi connectivity index (χ3n) is 7.01. The van der Waals surface area contributed by atoms with Crippen LogP contribution in [0.15, 0.2) is 24.3 Å². The maximum absolute atomic E-state index is 8.35. The minimum absolute atomic E-state index is 0. The van der Waals surface area contributed by atoms with Gasteiger partial charge < -0.3 is 4.79 Å². The number of hydrogen-bond acceptors (Lipinski definition) is 1. The van der Waals surface area contributed by atoms with Crippen LogP contribution >= 0.6 is 15.8 Å². The molecule has 0 amide bonds. The van der Waals surface area contributed by atoms with E-state index in [4.69, 9.17) is 6.17 Å². The molecule has 3 rings (SSSR count). The number of hydrogen-bond donors (Lipinski definition) is 0. The fourth-order valence-electron chi connectivity index (χ4n) is 5.66. The topological polar surface area (TPSA) is 17.1 Å². The van der Waals surface area contributed by atoms with Crippen LogP contribution in [0.1, 0.15) is 80.4 Å². The fourth-order valence-corrected chi connectivity index (χ4v) is 14.7.